The van der Waals surface area contributed by atoms with E-state index >= 15 is 0 Å². The monoisotopic (exact) mass is 313 g/mol. The van der Waals surface area contributed by atoms with Crippen molar-refractivity contribution in [3.63, 3.8) is 0 Å². The quantitative estimate of drug-likeness (QED) is 0.702. The second-order valence-corrected chi connectivity index (χ2v) is 5.29. The van der Waals surface area contributed by atoms with E-state index in [0.29, 0.717) is 35.6 Å². The summed E-state index contributed by atoms with van der Waals surface area (Å²) in [5.41, 5.74) is 2.50. The van der Waals surface area contributed by atoms with Crippen LogP contribution >= 0.6 is 11.6 Å². The number of nitrogens with zero attached hydrogens (tertiary/aromatic N) is 1. The minimum Gasteiger partial charge on any atom is -0.486 e. The largest absolute Gasteiger partial charge is 0.486 e. The van der Waals surface area contributed by atoms with Gasteiger partial charge >= 0.3 is 0 Å². The summed E-state index contributed by atoms with van der Waals surface area (Å²) in [6.45, 7) is 1.05. The number of aromatic nitrogens is 1. The van der Waals surface area contributed by atoms with Crippen molar-refractivity contribution in [3.05, 3.63) is 52.9 Å². The molecule has 1 aliphatic heterocycles. The highest BCUT2D eigenvalue weighted by molar-refractivity contribution is 6.32. The van der Waals surface area contributed by atoms with Crippen molar-refractivity contribution in [2.75, 3.05) is 13.2 Å². The Morgan fingerprint density at radius 3 is 2.82 bits per heavy atom. The standard InChI is InChI=1S/C17H12ClNO3/c18-12-9-11(10-15-17(12)21-8-7-20-15)5-6-16-19-13-3-1-2-4-14(13)22-16/h1-6,9-10H,7-8H2/b6-5+. The van der Waals surface area contributed by atoms with E-state index in [2.05, 4.69) is 4.98 Å². The first kappa shape index (κ1) is 13.2. The fourth-order valence-electron chi connectivity index (χ4n) is 2.36. The molecule has 0 spiro atoms. The summed E-state index contributed by atoms with van der Waals surface area (Å²) in [6.07, 6.45) is 3.69. The number of hydrogen-bond acceptors (Lipinski definition) is 4. The van der Waals surface area contributed by atoms with Gasteiger partial charge in [-0.25, -0.2) is 4.98 Å². The van der Waals surface area contributed by atoms with Gasteiger partial charge in [-0.05, 0) is 35.9 Å². The second-order valence-electron chi connectivity index (χ2n) is 4.88. The molecule has 5 heteroatoms. The molecule has 1 aliphatic rings. The summed E-state index contributed by atoms with van der Waals surface area (Å²) >= 11 is 6.22. The van der Waals surface area contributed by atoms with Gasteiger partial charge in [-0.3, -0.25) is 0 Å². The van der Waals surface area contributed by atoms with Gasteiger partial charge in [0, 0.05) is 6.08 Å². The third kappa shape index (κ3) is 2.42. The molecule has 0 atom stereocenters. The van der Waals surface area contributed by atoms with Crippen molar-refractivity contribution in [1.82, 2.24) is 4.98 Å². The number of hydrogen-bond donors (Lipinski definition) is 0. The first-order valence-electron chi connectivity index (χ1n) is 6.92. The van der Waals surface area contributed by atoms with Crippen LogP contribution in [0.25, 0.3) is 23.3 Å². The summed E-state index contributed by atoms with van der Waals surface area (Å²) in [5, 5.41) is 0.536. The molecule has 1 aromatic heterocycles. The van der Waals surface area contributed by atoms with Crippen molar-refractivity contribution < 1.29 is 13.9 Å². The lowest BCUT2D eigenvalue weighted by atomic mass is 10.2. The number of ether oxygens (including phenoxy) is 2. The topological polar surface area (TPSA) is 44.5 Å². The Balaban J connectivity index is 1.66. The summed E-state index contributed by atoms with van der Waals surface area (Å²) in [6, 6.07) is 11.4. The highest BCUT2D eigenvalue weighted by Crippen LogP contribution is 2.38. The van der Waals surface area contributed by atoms with E-state index in [1.54, 1.807) is 0 Å². The Morgan fingerprint density at radius 2 is 1.91 bits per heavy atom. The van der Waals surface area contributed by atoms with Gasteiger partial charge in [0.25, 0.3) is 0 Å². The minimum atomic E-state index is 0.519. The fraction of sp³-hybridized carbons (Fsp3) is 0.118. The molecule has 3 aromatic rings. The molecule has 0 saturated carbocycles. The molecule has 4 nitrogen and oxygen atoms in total. The zero-order valence-electron chi connectivity index (χ0n) is 11.6. The molecule has 0 fully saturated rings. The van der Waals surface area contributed by atoms with Crippen LogP contribution in [0.2, 0.25) is 5.02 Å². The lowest BCUT2D eigenvalue weighted by Gasteiger charge is -2.19. The SMILES string of the molecule is Clc1cc(/C=C/c2nc3ccccc3o2)cc2c1OCCO2. The molecule has 110 valence electrons. The molecule has 0 unspecified atom stereocenters. The van der Waals surface area contributed by atoms with Gasteiger partial charge in [0.15, 0.2) is 17.1 Å². The van der Waals surface area contributed by atoms with Gasteiger partial charge in [0.05, 0.1) is 5.02 Å². The number of para-hydroxylation sites is 2. The Bertz CT molecular complexity index is 836. The van der Waals surface area contributed by atoms with Gasteiger partial charge in [0.1, 0.15) is 18.7 Å². The Labute approximate surface area is 131 Å². The van der Waals surface area contributed by atoms with Crippen LogP contribution in [0, 0.1) is 0 Å². The molecule has 22 heavy (non-hydrogen) atoms. The third-order valence-corrected chi connectivity index (χ3v) is 3.63. The van der Waals surface area contributed by atoms with Crippen LogP contribution in [0.5, 0.6) is 11.5 Å². The molecule has 0 saturated heterocycles. The molecular weight excluding hydrogens is 302 g/mol. The molecular formula is C17H12ClNO3. The molecule has 2 heterocycles. The van der Waals surface area contributed by atoms with Crippen molar-refractivity contribution in [2.24, 2.45) is 0 Å². The molecule has 0 amide bonds. The molecule has 0 radical (unpaired) electrons. The summed E-state index contributed by atoms with van der Waals surface area (Å²) in [7, 11) is 0. The lowest BCUT2D eigenvalue weighted by molar-refractivity contribution is 0.171. The van der Waals surface area contributed by atoms with Gasteiger partial charge in [-0.15, -0.1) is 0 Å². The van der Waals surface area contributed by atoms with Crippen molar-refractivity contribution in [2.45, 2.75) is 0 Å². The van der Waals surface area contributed by atoms with E-state index < -0.39 is 0 Å². The molecule has 0 bridgehead atoms. The predicted molar refractivity (Wildman–Crippen MR) is 85.4 cm³/mol. The zero-order chi connectivity index (χ0) is 14.9. The molecule has 0 N–H and O–H groups in total. The van der Waals surface area contributed by atoms with Crippen LogP contribution in [0.15, 0.2) is 40.8 Å². The average molecular weight is 314 g/mol. The normalized spacial score (nSPS) is 13.9. The minimum absolute atomic E-state index is 0.519. The second kappa shape index (κ2) is 5.39. The predicted octanol–water partition coefficient (Wildman–Crippen LogP) is 4.42. The van der Waals surface area contributed by atoms with Gasteiger partial charge in [-0.1, -0.05) is 23.7 Å². The highest BCUT2D eigenvalue weighted by atomic mass is 35.5. The number of oxazole rings is 1. The van der Waals surface area contributed by atoms with Crippen LogP contribution in [-0.2, 0) is 0 Å². The fourth-order valence-corrected chi connectivity index (χ4v) is 2.63. The Kier molecular flexibility index (Phi) is 3.24. The number of halogens is 1. The maximum atomic E-state index is 6.22. The smallest absolute Gasteiger partial charge is 0.220 e. The summed E-state index contributed by atoms with van der Waals surface area (Å²) < 4.78 is 16.7. The maximum Gasteiger partial charge on any atom is 0.220 e. The van der Waals surface area contributed by atoms with Crippen LogP contribution < -0.4 is 9.47 Å². The van der Waals surface area contributed by atoms with E-state index in [-0.39, 0.29) is 0 Å². The first-order chi connectivity index (χ1) is 10.8. The highest BCUT2D eigenvalue weighted by Gasteiger charge is 2.15. The van der Waals surface area contributed by atoms with Crippen LogP contribution in [0.4, 0.5) is 0 Å². The Hall–Kier alpha value is -2.46. The summed E-state index contributed by atoms with van der Waals surface area (Å²) in [4.78, 5) is 4.40. The summed E-state index contributed by atoms with van der Waals surface area (Å²) in [5.74, 6) is 1.81. The van der Waals surface area contributed by atoms with Crippen molar-refractivity contribution >= 4 is 34.9 Å². The van der Waals surface area contributed by atoms with Gasteiger partial charge in [-0.2, -0.15) is 0 Å². The van der Waals surface area contributed by atoms with Gasteiger partial charge < -0.3 is 13.9 Å². The molecule has 4 rings (SSSR count). The first-order valence-corrected chi connectivity index (χ1v) is 7.30. The number of rotatable bonds is 2. The van der Waals surface area contributed by atoms with Crippen LogP contribution in [-0.4, -0.2) is 18.2 Å². The zero-order valence-corrected chi connectivity index (χ0v) is 12.3. The van der Waals surface area contributed by atoms with Crippen molar-refractivity contribution in [1.29, 1.82) is 0 Å². The average Bonchev–Trinajstić information content (AvgIpc) is 2.96. The van der Waals surface area contributed by atoms with E-state index in [1.807, 2.05) is 48.6 Å². The lowest BCUT2D eigenvalue weighted by Crippen LogP contribution is -2.15. The maximum absolute atomic E-state index is 6.22. The molecule has 2 aromatic carbocycles. The van der Waals surface area contributed by atoms with Crippen LogP contribution in [0.3, 0.4) is 0 Å². The van der Waals surface area contributed by atoms with E-state index in [9.17, 15) is 0 Å². The Morgan fingerprint density at radius 1 is 1.05 bits per heavy atom. The molecule has 0 aliphatic carbocycles. The number of benzene rings is 2. The van der Waals surface area contributed by atoms with Crippen LogP contribution in [0.1, 0.15) is 11.5 Å². The number of fused-ring (bicyclic) bond motifs is 2. The third-order valence-electron chi connectivity index (χ3n) is 3.35. The van der Waals surface area contributed by atoms with E-state index in [1.165, 1.54) is 0 Å². The van der Waals surface area contributed by atoms with E-state index in [4.69, 9.17) is 25.5 Å². The van der Waals surface area contributed by atoms with E-state index in [0.717, 1.165) is 16.7 Å². The van der Waals surface area contributed by atoms with Crippen molar-refractivity contribution in [3.8, 4) is 11.5 Å². The van der Waals surface area contributed by atoms with Gasteiger partial charge in [0.2, 0.25) is 5.89 Å².